The van der Waals surface area contributed by atoms with Crippen molar-refractivity contribution in [2.24, 2.45) is 0 Å². The number of halogens is 5. The lowest BCUT2D eigenvalue weighted by Crippen LogP contribution is -2.22. The minimum absolute atomic E-state index is 0.131. The van der Waals surface area contributed by atoms with Crippen molar-refractivity contribution in [3.63, 3.8) is 0 Å². The van der Waals surface area contributed by atoms with Gasteiger partial charge < -0.3 is 9.73 Å². The molecule has 1 aromatic heterocycles. The molecule has 0 radical (unpaired) electrons. The Hall–Kier alpha value is -1.53. The summed E-state index contributed by atoms with van der Waals surface area (Å²) >= 11 is 5.69. The van der Waals surface area contributed by atoms with Crippen molar-refractivity contribution in [3.05, 3.63) is 58.3 Å². The number of nitrogens with one attached hydrogen (secondary N) is 1. The molecular weight excluding hydrogens is 310 g/mol. The molecule has 1 atom stereocenters. The van der Waals surface area contributed by atoms with Crippen LogP contribution in [0.3, 0.4) is 0 Å². The molecule has 1 N–H and O–H groups in total. The van der Waals surface area contributed by atoms with Crippen LogP contribution in [0, 0.1) is 5.82 Å². The molecule has 0 fully saturated rings. The van der Waals surface area contributed by atoms with Crippen LogP contribution >= 0.6 is 11.6 Å². The fourth-order valence-electron chi connectivity index (χ4n) is 2.01. The highest BCUT2D eigenvalue weighted by atomic mass is 35.5. The lowest BCUT2D eigenvalue weighted by atomic mass is 10.0. The maximum atomic E-state index is 13.3. The van der Waals surface area contributed by atoms with E-state index in [1.54, 1.807) is 13.0 Å². The van der Waals surface area contributed by atoms with E-state index < -0.39 is 23.6 Å². The van der Waals surface area contributed by atoms with Crippen LogP contribution in [-0.4, -0.2) is 6.54 Å². The predicted molar refractivity (Wildman–Crippen MR) is 70.6 cm³/mol. The fraction of sp³-hybridized carbons (Fsp3) is 0.286. The summed E-state index contributed by atoms with van der Waals surface area (Å²) in [5, 5.41) is 3.12. The van der Waals surface area contributed by atoms with Gasteiger partial charge in [0.05, 0.1) is 11.6 Å². The second-order valence-corrected chi connectivity index (χ2v) is 4.74. The highest BCUT2D eigenvalue weighted by Gasteiger charge is 2.35. The Morgan fingerprint density at radius 2 is 1.95 bits per heavy atom. The summed E-state index contributed by atoms with van der Waals surface area (Å²) in [6, 6.07) is 5.28. The Kier molecular flexibility index (Phi) is 4.58. The van der Waals surface area contributed by atoms with Crippen LogP contribution in [0.15, 0.2) is 34.7 Å². The third-order valence-electron chi connectivity index (χ3n) is 2.92. The Labute approximate surface area is 123 Å². The number of hydrogen-bond acceptors (Lipinski definition) is 2. The summed E-state index contributed by atoms with van der Waals surface area (Å²) in [5.41, 5.74) is -1.06. The van der Waals surface area contributed by atoms with E-state index in [9.17, 15) is 17.6 Å². The van der Waals surface area contributed by atoms with Gasteiger partial charge in [-0.3, -0.25) is 0 Å². The van der Waals surface area contributed by atoms with E-state index in [0.717, 1.165) is 12.1 Å². The van der Waals surface area contributed by atoms with Gasteiger partial charge in [0, 0.05) is 0 Å². The van der Waals surface area contributed by atoms with Gasteiger partial charge in [-0.1, -0.05) is 13.0 Å². The molecule has 7 heteroatoms. The van der Waals surface area contributed by atoms with E-state index in [0.29, 0.717) is 12.3 Å². The third kappa shape index (κ3) is 3.57. The molecule has 1 heterocycles. The Morgan fingerprint density at radius 3 is 2.48 bits per heavy atom. The van der Waals surface area contributed by atoms with E-state index in [4.69, 9.17) is 16.0 Å². The number of hydrogen-bond donors (Lipinski definition) is 1. The van der Waals surface area contributed by atoms with E-state index in [1.807, 2.05) is 0 Å². The van der Waals surface area contributed by atoms with Crippen LogP contribution in [-0.2, 0) is 6.18 Å². The van der Waals surface area contributed by atoms with Gasteiger partial charge in [0.15, 0.2) is 5.22 Å². The SMILES string of the molecule is CCNC(c1ccc(F)c(C(F)(F)F)c1)c1ccc(Cl)o1. The van der Waals surface area contributed by atoms with E-state index in [2.05, 4.69) is 5.32 Å². The lowest BCUT2D eigenvalue weighted by molar-refractivity contribution is -0.140. The summed E-state index contributed by atoms with van der Waals surface area (Å²) in [7, 11) is 0. The molecular formula is C14H12ClF4NO. The molecule has 0 aliphatic heterocycles. The quantitative estimate of drug-likeness (QED) is 0.819. The molecule has 1 unspecified atom stereocenters. The zero-order chi connectivity index (χ0) is 15.6. The number of rotatable bonds is 4. The van der Waals surface area contributed by atoms with E-state index in [1.165, 1.54) is 12.1 Å². The van der Waals surface area contributed by atoms with Gasteiger partial charge in [0.1, 0.15) is 11.6 Å². The van der Waals surface area contributed by atoms with Crippen LogP contribution in [0.2, 0.25) is 5.22 Å². The average Bonchev–Trinajstić information content (AvgIpc) is 2.82. The van der Waals surface area contributed by atoms with Gasteiger partial charge in [-0.2, -0.15) is 13.2 Å². The van der Waals surface area contributed by atoms with Crippen molar-refractivity contribution in [2.45, 2.75) is 19.1 Å². The van der Waals surface area contributed by atoms with Crippen LogP contribution in [0.4, 0.5) is 17.6 Å². The number of alkyl halides is 3. The first-order chi connectivity index (χ1) is 9.82. The molecule has 0 saturated heterocycles. The average molecular weight is 322 g/mol. The molecule has 0 spiro atoms. The molecule has 0 saturated carbocycles. The predicted octanol–water partition coefficient (Wildman–Crippen LogP) is 4.79. The van der Waals surface area contributed by atoms with Gasteiger partial charge in [-0.25, -0.2) is 4.39 Å². The van der Waals surface area contributed by atoms with Crippen molar-refractivity contribution in [3.8, 4) is 0 Å². The first-order valence-corrected chi connectivity index (χ1v) is 6.56. The molecule has 2 nitrogen and oxygen atoms in total. The summed E-state index contributed by atoms with van der Waals surface area (Å²) in [5.74, 6) is -0.944. The highest BCUT2D eigenvalue weighted by molar-refractivity contribution is 6.28. The summed E-state index contributed by atoms with van der Waals surface area (Å²) in [4.78, 5) is 0. The van der Waals surface area contributed by atoms with Gasteiger partial charge in [0.2, 0.25) is 0 Å². The summed E-state index contributed by atoms with van der Waals surface area (Å²) in [6.07, 6.45) is -4.75. The number of benzene rings is 1. The zero-order valence-corrected chi connectivity index (χ0v) is 11.7. The van der Waals surface area contributed by atoms with E-state index in [-0.39, 0.29) is 10.8 Å². The van der Waals surface area contributed by atoms with Crippen LogP contribution < -0.4 is 5.32 Å². The Balaban J connectivity index is 2.46. The largest absolute Gasteiger partial charge is 0.448 e. The molecule has 1 aromatic carbocycles. The molecule has 0 amide bonds. The highest BCUT2D eigenvalue weighted by Crippen LogP contribution is 2.34. The van der Waals surface area contributed by atoms with Crippen molar-refractivity contribution in [1.82, 2.24) is 5.32 Å². The van der Waals surface area contributed by atoms with Crippen molar-refractivity contribution in [2.75, 3.05) is 6.54 Å². The Morgan fingerprint density at radius 1 is 1.24 bits per heavy atom. The fourth-order valence-corrected chi connectivity index (χ4v) is 2.16. The first kappa shape index (κ1) is 15.9. The maximum Gasteiger partial charge on any atom is 0.419 e. The molecule has 114 valence electrons. The number of furan rings is 1. The smallest absolute Gasteiger partial charge is 0.419 e. The van der Waals surface area contributed by atoms with Gasteiger partial charge >= 0.3 is 6.18 Å². The van der Waals surface area contributed by atoms with Gasteiger partial charge in [-0.05, 0) is 48.0 Å². The van der Waals surface area contributed by atoms with Crippen LogP contribution in [0.25, 0.3) is 0 Å². The topological polar surface area (TPSA) is 25.2 Å². The second kappa shape index (κ2) is 6.07. The van der Waals surface area contributed by atoms with Crippen LogP contribution in [0.1, 0.15) is 29.9 Å². The lowest BCUT2D eigenvalue weighted by Gasteiger charge is -2.18. The van der Waals surface area contributed by atoms with Crippen LogP contribution in [0.5, 0.6) is 0 Å². The molecule has 0 aliphatic rings. The molecule has 0 bridgehead atoms. The molecule has 2 aromatic rings. The third-order valence-corrected chi connectivity index (χ3v) is 3.12. The minimum atomic E-state index is -4.75. The molecule has 2 rings (SSSR count). The zero-order valence-electron chi connectivity index (χ0n) is 11.0. The monoisotopic (exact) mass is 321 g/mol. The maximum absolute atomic E-state index is 13.3. The Bertz CT molecular complexity index is 624. The molecule has 0 aliphatic carbocycles. The van der Waals surface area contributed by atoms with Crippen molar-refractivity contribution >= 4 is 11.6 Å². The summed E-state index contributed by atoms with van der Waals surface area (Å²) in [6.45, 7) is 2.29. The standard InChI is InChI=1S/C14H12ClF4NO/c1-2-20-13(11-5-6-12(15)21-11)8-3-4-10(16)9(7-8)14(17,18)19/h3-7,13,20H,2H2,1H3. The summed E-state index contributed by atoms with van der Waals surface area (Å²) < 4.78 is 56.9. The van der Waals surface area contributed by atoms with Gasteiger partial charge in [0.25, 0.3) is 0 Å². The van der Waals surface area contributed by atoms with E-state index >= 15 is 0 Å². The van der Waals surface area contributed by atoms with Crippen molar-refractivity contribution in [1.29, 1.82) is 0 Å². The second-order valence-electron chi connectivity index (χ2n) is 4.37. The van der Waals surface area contributed by atoms with Gasteiger partial charge in [-0.15, -0.1) is 0 Å². The molecule has 21 heavy (non-hydrogen) atoms. The normalized spacial score (nSPS) is 13.4. The van der Waals surface area contributed by atoms with Crippen molar-refractivity contribution < 1.29 is 22.0 Å². The first-order valence-electron chi connectivity index (χ1n) is 6.18. The minimum Gasteiger partial charge on any atom is -0.448 e.